The molecule has 0 bridgehead atoms. The maximum atomic E-state index is 13.3. The Balaban J connectivity index is 1.61. The molecule has 1 aromatic rings. The van der Waals surface area contributed by atoms with Crippen molar-refractivity contribution < 1.29 is 19.3 Å². The lowest BCUT2D eigenvalue weighted by molar-refractivity contribution is 0.103. The predicted octanol–water partition coefficient (Wildman–Crippen LogP) is 1.32. The zero-order valence-corrected chi connectivity index (χ0v) is 11.5. The monoisotopic (exact) mass is 283 g/mol. The van der Waals surface area contributed by atoms with Gasteiger partial charge < -0.3 is 20.3 Å². The lowest BCUT2D eigenvalue weighted by Crippen LogP contribution is -2.34. The molecule has 1 aliphatic carbocycles. The molecule has 0 radical (unpaired) electrons. The second kappa shape index (κ2) is 7.57. The number of hydrogen-bond donors (Lipinski definition) is 3. The Bertz CT molecular complexity index is 416. The minimum Gasteiger partial charge on any atom is -0.488 e. The van der Waals surface area contributed by atoms with Crippen molar-refractivity contribution in [3.05, 3.63) is 30.1 Å². The number of aliphatic hydroxyl groups excluding tert-OH is 2. The molecule has 1 aromatic carbocycles. The summed E-state index contributed by atoms with van der Waals surface area (Å²) in [5.41, 5.74) is 0. The summed E-state index contributed by atoms with van der Waals surface area (Å²) in [6.45, 7) is 1.25. The molecule has 1 saturated carbocycles. The molecule has 112 valence electrons. The molecule has 1 aliphatic rings. The Morgan fingerprint density at radius 3 is 2.85 bits per heavy atom. The molecule has 0 saturated heterocycles. The smallest absolute Gasteiger partial charge is 0.165 e. The third kappa shape index (κ3) is 4.74. The number of halogens is 1. The van der Waals surface area contributed by atoms with Crippen molar-refractivity contribution in [1.29, 1.82) is 0 Å². The van der Waals surface area contributed by atoms with Crippen molar-refractivity contribution in [3.8, 4) is 5.75 Å². The Morgan fingerprint density at radius 1 is 1.35 bits per heavy atom. The summed E-state index contributed by atoms with van der Waals surface area (Å²) in [5, 5.41) is 22.3. The van der Waals surface area contributed by atoms with Gasteiger partial charge in [-0.05, 0) is 43.9 Å². The van der Waals surface area contributed by atoms with Gasteiger partial charge in [0, 0.05) is 6.54 Å². The van der Waals surface area contributed by atoms with Crippen LogP contribution in [-0.2, 0) is 0 Å². The van der Waals surface area contributed by atoms with Gasteiger partial charge >= 0.3 is 0 Å². The number of aliphatic hydroxyl groups is 2. The lowest BCUT2D eigenvalue weighted by Gasteiger charge is -2.15. The van der Waals surface area contributed by atoms with Crippen molar-refractivity contribution in [1.82, 2.24) is 5.32 Å². The SMILES string of the molecule is OC(CNCC1CCC(O)C1)COc1ccccc1F. The first-order chi connectivity index (χ1) is 9.65. The molecule has 4 nitrogen and oxygen atoms in total. The maximum Gasteiger partial charge on any atom is 0.165 e. The highest BCUT2D eigenvalue weighted by Gasteiger charge is 2.22. The van der Waals surface area contributed by atoms with E-state index in [0.717, 1.165) is 25.8 Å². The molecule has 0 spiro atoms. The average molecular weight is 283 g/mol. The van der Waals surface area contributed by atoms with Gasteiger partial charge in [-0.3, -0.25) is 0 Å². The predicted molar refractivity (Wildman–Crippen MR) is 74.1 cm³/mol. The van der Waals surface area contributed by atoms with Gasteiger partial charge in [-0.1, -0.05) is 12.1 Å². The quantitative estimate of drug-likeness (QED) is 0.706. The third-order valence-electron chi connectivity index (χ3n) is 3.59. The molecule has 5 heteroatoms. The van der Waals surface area contributed by atoms with Crippen LogP contribution in [0.3, 0.4) is 0 Å². The summed E-state index contributed by atoms with van der Waals surface area (Å²) in [4.78, 5) is 0. The van der Waals surface area contributed by atoms with Gasteiger partial charge in [-0.15, -0.1) is 0 Å². The van der Waals surface area contributed by atoms with Crippen molar-refractivity contribution >= 4 is 0 Å². The highest BCUT2D eigenvalue weighted by molar-refractivity contribution is 5.23. The van der Waals surface area contributed by atoms with Gasteiger partial charge in [0.25, 0.3) is 0 Å². The van der Waals surface area contributed by atoms with E-state index in [1.165, 1.54) is 12.1 Å². The molecule has 20 heavy (non-hydrogen) atoms. The summed E-state index contributed by atoms with van der Waals surface area (Å²) < 4.78 is 18.5. The first-order valence-corrected chi connectivity index (χ1v) is 7.09. The van der Waals surface area contributed by atoms with Crippen LogP contribution < -0.4 is 10.1 Å². The van der Waals surface area contributed by atoms with Crippen LogP contribution in [0.5, 0.6) is 5.75 Å². The summed E-state index contributed by atoms with van der Waals surface area (Å²) in [5.74, 6) is 0.211. The third-order valence-corrected chi connectivity index (χ3v) is 3.59. The number of rotatable bonds is 7. The zero-order chi connectivity index (χ0) is 14.4. The minimum atomic E-state index is -0.680. The van der Waals surface area contributed by atoms with Crippen LogP contribution in [0.1, 0.15) is 19.3 Å². The van der Waals surface area contributed by atoms with E-state index < -0.39 is 11.9 Å². The summed E-state index contributed by atoms with van der Waals surface area (Å²) in [6, 6.07) is 6.14. The molecule has 3 N–H and O–H groups in total. The molecule has 0 heterocycles. The maximum absolute atomic E-state index is 13.3. The van der Waals surface area contributed by atoms with Crippen molar-refractivity contribution in [3.63, 3.8) is 0 Å². The van der Waals surface area contributed by atoms with Crippen LogP contribution >= 0.6 is 0 Å². The normalized spacial score (nSPS) is 23.8. The minimum absolute atomic E-state index is 0.0568. The van der Waals surface area contributed by atoms with Gasteiger partial charge in [0.05, 0.1) is 6.10 Å². The highest BCUT2D eigenvalue weighted by atomic mass is 19.1. The largest absolute Gasteiger partial charge is 0.488 e. The number of para-hydroxylation sites is 1. The van der Waals surface area contributed by atoms with Crippen LogP contribution in [0.2, 0.25) is 0 Å². The topological polar surface area (TPSA) is 61.7 Å². The van der Waals surface area contributed by atoms with E-state index >= 15 is 0 Å². The standard InChI is InChI=1S/C15H22FNO3/c16-14-3-1-2-4-15(14)20-10-13(19)9-17-8-11-5-6-12(18)7-11/h1-4,11-13,17-19H,5-10H2. The number of hydrogen-bond acceptors (Lipinski definition) is 4. The molecule has 0 amide bonds. The fraction of sp³-hybridized carbons (Fsp3) is 0.600. The molecule has 1 fully saturated rings. The van der Waals surface area contributed by atoms with E-state index in [-0.39, 0.29) is 18.5 Å². The van der Waals surface area contributed by atoms with Gasteiger partial charge in [0.1, 0.15) is 12.7 Å². The van der Waals surface area contributed by atoms with Gasteiger partial charge in [-0.2, -0.15) is 0 Å². The number of nitrogens with one attached hydrogen (secondary N) is 1. The van der Waals surface area contributed by atoms with Crippen molar-refractivity contribution in [2.75, 3.05) is 19.7 Å². The van der Waals surface area contributed by atoms with Crippen LogP contribution in [0.15, 0.2) is 24.3 Å². The van der Waals surface area contributed by atoms with E-state index in [2.05, 4.69) is 5.32 Å². The van der Waals surface area contributed by atoms with E-state index in [1.807, 2.05) is 0 Å². The second-order valence-electron chi connectivity index (χ2n) is 5.39. The highest BCUT2D eigenvalue weighted by Crippen LogP contribution is 2.24. The lowest BCUT2D eigenvalue weighted by atomic mass is 10.1. The van der Waals surface area contributed by atoms with Gasteiger partial charge in [0.2, 0.25) is 0 Å². The number of ether oxygens (including phenoxy) is 1. The van der Waals surface area contributed by atoms with Crippen LogP contribution in [0, 0.1) is 11.7 Å². The first-order valence-electron chi connectivity index (χ1n) is 7.09. The Labute approximate surface area is 118 Å². The fourth-order valence-corrected chi connectivity index (χ4v) is 2.49. The summed E-state index contributed by atoms with van der Waals surface area (Å²) >= 11 is 0. The van der Waals surface area contributed by atoms with Crippen LogP contribution in [0.4, 0.5) is 4.39 Å². The Hall–Kier alpha value is -1.17. The van der Waals surface area contributed by atoms with E-state index in [9.17, 15) is 14.6 Å². The molecule has 3 atom stereocenters. The summed E-state index contributed by atoms with van der Waals surface area (Å²) in [6.07, 6.45) is 1.87. The number of benzene rings is 1. The molecule has 0 aliphatic heterocycles. The van der Waals surface area contributed by atoms with Crippen LogP contribution in [-0.4, -0.2) is 42.1 Å². The molecule has 2 rings (SSSR count). The van der Waals surface area contributed by atoms with E-state index in [0.29, 0.717) is 12.5 Å². The van der Waals surface area contributed by atoms with Crippen molar-refractivity contribution in [2.24, 2.45) is 5.92 Å². The molecule has 0 aromatic heterocycles. The Kier molecular flexibility index (Phi) is 5.76. The van der Waals surface area contributed by atoms with Gasteiger partial charge in [0.15, 0.2) is 11.6 Å². The van der Waals surface area contributed by atoms with Gasteiger partial charge in [-0.25, -0.2) is 4.39 Å². The van der Waals surface area contributed by atoms with E-state index in [4.69, 9.17) is 4.74 Å². The second-order valence-corrected chi connectivity index (χ2v) is 5.39. The Morgan fingerprint density at radius 2 is 2.15 bits per heavy atom. The molecular weight excluding hydrogens is 261 g/mol. The zero-order valence-electron chi connectivity index (χ0n) is 11.5. The first kappa shape index (κ1) is 15.2. The summed E-state index contributed by atoms with van der Waals surface area (Å²) in [7, 11) is 0. The van der Waals surface area contributed by atoms with Crippen LogP contribution in [0.25, 0.3) is 0 Å². The van der Waals surface area contributed by atoms with E-state index in [1.54, 1.807) is 12.1 Å². The molecular formula is C15H22FNO3. The molecule has 3 unspecified atom stereocenters. The van der Waals surface area contributed by atoms with Crippen molar-refractivity contribution in [2.45, 2.75) is 31.5 Å². The average Bonchev–Trinajstić information content (AvgIpc) is 2.83. The fourth-order valence-electron chi connectivity index (χ4n) is 2.49.